The lowest BCUT2D eigenvalue weighted by molar-refractivity contribution is -0.142. The van der Waals surface area contributed by atoms with Crippen molar-refractivity contribution in [3.8, 4) is 0 Å². The Balaban J connectivity index is 4.59. The molecule has 0 fully saturated rings. The van der Waals surface area contributed by atoms with Crippen LogP contribution in [0.15, 0.2) is 12.2 Å². The van der Waals surface area contributed by atoms with Gasteiger partial charge in [-0.15, -0.1) is 0 Å². The minimum Gasteiger partial charge on any atom is -0.461 e. The minimum absolute atomic E-state index is 0.0871. The van der Waals surface area contributed by atoms with Crippen LogP contribution >= 0.6 is 21.6 Å². The van der Waals surface area contributed by atoms with Gasteiger partial charge in [-0.25, -0.2) is 0 Å². The van der Waals surface area contributed by atoms with E-state index in [0.717, 1.165) is 134 Å². The third kappa shape index (κ3) is 48.2. The highest BCUT2D eigenvalue weighted by Crippen LogP contribution is 2.24. The summed E-state index contributed by atoms with van der Waals surface area (Å²) in [6.45, 7) is 11.7. The van der Waals surface area contributed by atoms with E-state index >= 15 is 0 Å². The largest absolute Gasteiger partial charge is 0.461 e. The summed E-state index contributed by atoms with van der Waals surface area (Å²) in [5.74, 6) is 1.59. The Labute approximate surface area is 426 Å². The normalized spacial score (nSPS) is 13.1. The van der Waals surface area contributed by atoms with Gasteiger partial charge >= 0.3 is 5.97 Å². The Morgan fingerprint density at radius 2 is 1.00 bits per heavy atom. The van der Waals surface area contributed by atoms with Crippen LogP contribution in [0, 0.1) is 0 Å². The zero-order chi connectivity index (χ0) is 49.8. The summed E-state index contributed by atoms with van der Waals surface area (Å²) < 4.78 is 5.37. The van der Waals surface area contributed by atoms with Gasteiger partial charge in [-0.05, 0) is 90.3 Å². The van der Waals surface area contributed by atoms with E-state index < -0.39 is 18.2 Å². The lowest BCUT2D eigenvalue weighted by Crippen LogP contribution is -2.42. The standard InChI is InChI=1S/C56H107N3O7S2/c1-4-7-10-13-18-26-34-46-66-56(65)38-29-22-19-24-31-42-58(41-30-23-16-17-25-33-45-60)43-32-35-47-67-68-48-40-52(51-61)57-55(64)39-44-59(49-53(62)36-27-20-14-11-8-5-2)50-54(63)37-28-21-15-12-9-6-3/h26,34,45,51-54,62-63H,4-25,27-33,35-44,46-50H2,1-3H3,(H,57,64)/b34-26-. The first-order valence-corrected chi connectivity index (χ1v) is 30.8. The van der Waals surface area contributed by atoms with Crippen molar-refractivity contribution in [1.82, 2.24) is 15.1 Å². The molecule has 0 aromatic carbocycles. The number of nitrogens with zero attached hydrogens (tertiary/aromatic N) is 2. The van der Waals surface area contributed by atoms with E-state index in [0.29, 0.717) is 45.5 Å². The average Bonchev–Trinajstić information content (AvgIpc) is 3.33. The molecule has 68 heavy (non-hydrogen) atoms. The molecule has 10 nitrogen and oxygen atoms in total. The average molecular weight is 999 g/mol. The molecule has 0 saturated carbocycles. The highest BCUT2D eigenvalue weighted by atomic mass is 33.1. The molecule has 400 valence electrons. The Morgan fingerprint density at radius 1 is 0.515 bits per heavy atom. The number of unbranched alkanes of at least 4 members (excludes halogenated alkanes) is 24. The van der Waals surface area contributed by atoms with Crippen LogP contribution in [0.5, 0.6) is 0 Å². The third-order valence-electron chi connectivity index (χ3n) is 12.8. The second kappa shape index (κ2) is 53.4. The Kier molecular flexibility index (Phi) is 52.2. The molecular formula is C56H107N3O7S2. The van der Waals surface area contributed by atoms with Crippen molar-refractivity contribution in [3.05, 3.63) is 12.2 Å². The number of carbonyl (C=O) groups is 4. The quantitative estimate of drug-likeness (QED) is 0.0177. The molecule has 0 bridgehead atoms. The second-order valence-corrected chi connectivity index (χ2v) is 22.2. The topological polar surface area (TPSA) is 136 Å². The highest BCUT2D eigenvalue weighted by molar-refractivity contribution is 8.76. The molecule has 3 atom stereocenters. The van der Waals surface area contributed by atoms with Crippen LogP contribution in [0.2, 0.25) is 0 Å². The molecule has 0 rings (SSSR count). The van der Waals surface area contributed by atoms with Crippen molar-refractivity contribution in [3.63, 3.8) is 0 Å². The van der Waals surface area contributed by atoms with E-state index in [1.165, 1.54) is 109 Å². The van der Waals surface area contributed by atoms with Gasteiger partial charge in [0.25, 0.3) is 0 Å². The lowest BCUT2D eigenvalue weighted by Gasteiger charge is -2.27. The molecule has 0 heterocycles. The van der Waals surface area contributed by atoms with Crippen LogP contribution in [0.1, 0.15) is 245 Å². The van der Waals surface area contributed by atoms with Gasteiger partial charge < -0.3 is 34.8 Å². The summed E-state index contributed by atoms with van der Waals surface area (Å²) in [5.41, 5.74) is 0. The molecule has 3 unspecified atom stereocenters. The molecule has 0 aromatic rings. The number of aldehydes is 2. The van der Waals surface area contributed by atoms with E-state index in [1.807, 2.05) is 21.8 Å². The zero-order valence-electron chi connectivity index (χ0n) is 44.3. The van der Waals surface area contributed by atoms with Gasteiger partial charge in [0.15, 0.2) is 0 Å². The number of ether oxygens (including phenoxy) is 1. The van der Waals surface area contributed by atoms with Crippen LogP contribution in [-0.4, -0.2) is 120 Å². The molecule has 0 saturated heterocycles. The van der Waals surface area contributed by atoms with Gasteiger partial charge in [-0.1, -0.05) is 189 Å². The second-order valence-electron chi connectivity index (χ2n) is 19.5. The van der Waals surface area contributed by atoms with Crippen molar-refractivity contribution < 1.29 is 34.1 Å². The van der Waals surface area contributed by atoms with Crippen molar-refractivity contribution in [2.45, 2.75) is 264 Å². The number of aliphatic hydroxyl groups is 2. The van der Waals surface area contributed by atoms with Crippen LogP contribution in [0.25, 0.3) is 0 Å². The predicted molar refractivity (Wildman–Crippen MR) is 293 cm³/mol. The molecular weight excluding hydrogens is 891 g/mol. The lowest BCUT2D eigenvalue weighted by atomic mass is 10.1. The van der Waals surface area contributed by atoms with Crippen LogP contribution < -0.4 is 5.32 Å². The smallest absolute Gasteiger partial charge is 0.306 e. The third-order valence-corrected chi connectivity index (χ3v) is 15.3. The first kappa shape index (κ1) is 66.6. The Hall–Kier alpha value is -1.44. The van der Waals surface area contributed by atoms with E-state index in [9.17, 15) is 29.4 Å². The molecule has 12 heteroatoms. The molecule has 0 spiro atoms. The Bertz CT molecular complexity index is 1130. The fourth-order valence-electron chi connectivity index (χ4n) is 8.51. The maximum atomic E-state index is 13.0. The van der Waals surface area contributed by atoms with Crippen molar-refractivity contribution in [2.75, 3.05) is 57.4 Å². The fraction of sp³-hybridized carbons (Fsp3) is 0.893. The number of allylic oxidation sites excluding steroid dienone is 1. The maximum absolute atomic E-state index is 13.0. The van der Waals surface area contributed by atoms with Gasteiger partial charge in [0.2, 0.25) is 5.91 Å². The molecule has 0 radical (unpaired) electrons. The van der Waals surface area contributed by atoms with Crippen molar-refractivity contribution in [1.29, 1.82) is 0 Å². The number of aliphatic hydroxyl groups excluding tert-OH is 2. The van der Waals surface area contributed by atoms with Crippen molar-refractivity contribution >= 4 is 46.0 Å². The molecule has 3 N–H and O–H groups in total. The SMILES string of the molecule is CCCCCC/C=C\COC(=O)CCCCCCCN(CCCCCCCC=O)CCCCSSCCC(C=O)NC(=O)CCN(CC(O)CCCCCCCC)CC(O)CCCCCCCC. The van der Waals surface area contributed by atoms with E-state index in [4.69, 9.17) is 4.74 Å². The van der Waals surface area contributed by atoms with Crippen LogP contribution in [0.3, 0.4) is 0 Å². The maximum Gasteiger partial charge on any atom is 0.306 e. The van der Waals surface area contributed by atoms with Gasteiger partial charge in [0, 0.05) is 50.4 Å². The predicted octanol–water partition coefficient (Wildman–Crippen LogP) is 13.4. The number of esters is 1. The van der Waals surface area contributed by atoms with Crippen molar-refractivity contribution in [2.24, 2.45) is 0 Å². The van der Waals surface area contributed by atoms with E-state index in [2.05, 4.69) is 37.1 Å². The summed E-state index contributed by atoms with van der Waals surface area (Å²) in [7, 11) is 3.62. The summed E-state index contributed by atoms with van der Waals surface area (Å²) in [6.07, 6.45) is 42.1. The molecule has 0 aliphatic rings. The van der Waals surface area contributed by atoms with E-state index in [1.54, 1.807) is 10.8 Å². The number of hydrogen-bond donors (Lipinski definition) is 3. The minimum atomic E-state index is -0.516. The molecule has 0 aromatic heterocycles. The number of nitrogens with one attached hydrogen (secondary N) is 1. The summed E-state index contributed by atoms with van der Waals surface area (Å²) in [6, 6.07) is -0.516. The first-order valence-electron chi connectivity index (χ1n) is 28.3. The summed E-state index contributed by atoms with van der Waals surface area (Å²) in [5, 5.41) is 24.7. The van der Waals surface area contributed by atoms with Gasteiger partial charge in [0.1, 0.15) is 19.2 Å². The number of rotatable bonds is 55. The van der Waals surface area contributed by atoms with Gasteiger partial charge in [0.05, 0.1) is 18.2 Å². The molecule has 0 aliphatic carbocycles. The molecule has 0 aliphatic heterocycles. The number of hydrogen-bond acceptors (Lipinski definition) is 11. The Morgan fingerprint density at radius 3 is 1.57 bits per heavy atom. The van der Waals surface area contributed by atoms with Gasteiger partial charge in [-0.2, -0.15) is 0 Å². The number of carbonyl (C=O) groups excluding carboxylic acids is 4. The van der Waals surface area contributed by atoms with Crippen LogP contribution in [0.4, 0.5) is 0 Å². The zero-order valence-corrected chi connectivity index (χ0v) is 45.9. The summed E-state index contributed by atoms with van der Waals surface area (Å²) in [4.78, 5) is 52.4. The highest BCUT2D eigenvalue weighted by Gasteiger charge is 2.19. The fourth-order valence-corrected chi connectivity index (χ4v) is 10.8. The van der Waals surface area contributed by atoms with Gasteiger partial charge in [-0.3, -0.25) is 14.5 Å². The monoisotopic (exact) mass is 998 g/mol. The van der Waals surface area contributed by atoms with E-state index in [-0.39, 0.29) is 18.3 Å². The van der Waals surface area contributed by atoms with Crippen LogP contribution in [-0.2, 0) is 23.9 Å². The summed E-state index contributed by atoms with van der Waals surface area (Å²) >= 11 is 0. The first-order chi connectivity index (χ1) is 33.3. The number of amides is 1. The molecule has 1 amide bonds.